The number of ketones is 1. The number of azo groups is 1. The molecule has 0 aliphatic heterocycles. The molecule has 2 rings (SSSR count). The van der Waals surface area contributed by atoms with Gasteiger partial charge in [-0.1, -0.05) is 18.2 Å². The summed E-state index contributed by atoms with van der Waals surface area (Å²) in [5.41, 5.74) is 5.50. The first-order valence-corrected chi connectivity index (χ1v) is 6.16. The molecule has 21 heavy (non-hydrogen) atoms. The second-order valence-electron chi connectivity index (χ2n) is 4.24. The molecule has 0 aliphatic rings. The van der Waals surface area contributed by atoms with Crippen molar-refractivity contribution in [3.8, 4) is 0 Å². The Morgan fingerprint density at radius 2 is 2.05 bits per heavy atom. The van der Waals surface area contributed by atoms with Crippen molar-refractivity contribution in [3.05, 3.63) is 40.7 Å². The van der Waals surface area contributed by atoms with Crippen LogP contribution >= 0.6 is 0 Å². The second kappa shape index (κ2) is 6.42. The van der Waals surface area contributed by atoms with Gasteiger partial charge in [-0.05, 0) is 19.1 Å². The van der Waals surface area contributed by atoms with E-state index >= 15 is 0 Å². The smallest absolute Gasteiger partial charge is 0.282 e. The van der Waals surface area contributed by atoms with E-state index in [4.69, 9.17) is 5.73 Å². The van der Waals surface area contributed by atoms with Crippen molar-refractivity contribution in [2.24, 2.45) is 10.2 Å². The summed E-state index contributed by atoms with van der Waals surface area (Å²) in [5.74, 6) is -0.0579. The SMILES string of the molecule is CC(=O)CNc1nc(N)[nH]c(=O)c1N=Nc1ccccc1. The maximum absolute atomic E-state index is 11.9. The Morgan fingerprint density at radius 1 is 1.33 bits per heavy atom. The summed E-state index contributed by atoms with van der Waals surface area (Å²) in [7, 11) is 0. The zero-order valence-electron chi connectivity index (χ0n) is 11.3. The van der Waals surface area contributed by atoms with Gasteiger partial charge in [-0.3, -0.25) is 14.6 Å². The number of benzene rings is 1. The van der Waals surface area contributed by atoms with Gasteiger partial charge in [0.25, 0.3) is 5.56 Å². The van der Waals surface area contributed by atoms with Crippen LogP contribution < -0.4 is 16.6 Å². The normalized spacial score (nSPS) is 10.7. The number of H-pyrrole nitrogens is 1. The molecule has 0 bridgehead atoms. The quantitative estimate of drug-likeness (QED) is 0.722. The Bertz CT molecular complexity index is 723. The lowest BCUT2D eigenvalue weighted by Crippen LogP contribution is -2.17. The lowest BCUT2D eigenvalue weighted by atomic mass is 10.3. The lowest BCUT2D eigenvalue weighted by Gasteiger charge is -2.05. The molecule has 0 atom stereocenters. The molecule has 108 valence electrons. The molecule has 0 saturated heterocycles. The van der Waals surface area contributed by atoms with Gasteiger partial charge in [-0.2, -0.15) is 10.1 Å². The highest BCUT2D eigenvalue weighted by atomic mass is 16.1. The molecule has 0 unspecified atom stereocenters. The van der Waals surface area contributed by atoms with Crippen molar-refractivity contribution in [2.45, 2.75) is 6.92 Å². The second-order valence-corrected chi connectivity index (χ2v) is 4.24. The predicted molar refractivity (Wildman–Crippen MR) is 79.1 cm³/mol. The zero-order chi connectivity index (χ0) is 15.2. The van der Waals surface area contributed by atoms with E-state index in [1.54, 1.807) is 24.3 Å². The first-order valence-electron chi connectivity index (χ1n) is 6.16. The molecule has 4 N–H and O–H groups in total. The molecule has 0 spiro atoms. The molecule has 1 aromatic carbocycles. The third kappa shape index (κ3) is 3.96. The van der Waals surface area contributed by atoms with Gasteiger partial charge in [0.15, 0.2) is 11.5 Å². The van der Waals surface area contributed by atoms with Crippen molar-refractivity contribution >= 4 is 28.9 Å². The monoisotopic (exact) mass is 286 g/mol. The van der Waals surface area contributed by atoms with E-state index in [1.807, 2.05) is 6.07 Å². The minimum atomic E-state index is -0.534. The number of nitrogens with zero attached hydrogens (tertiary/aromatic N) is 3. The fourth-order valence-corrected chi connectivity index (χ4v) is 1.51. The number of nitrogens with one attached hydrogen (secondary N) is 2. The number of rotatable bonds is 5. The molecule has 8 nitrogen and oxygen atoms in total. The van der Waals surface area contributed by atoms with Crippen LogP contribution in [0, 0.1) is 0 Å². The van der Waals surface area contributed by atoms with Crippen molar-refractivity contribution in [1.29, 1.82) is 0 Å². The molecule has 1 heterocycles. The Balaban J connectivity index is 2.35. The van der Waals surface area contributed by atoms with Gasteiger partial charge in [-0.25, -0.2) is 0 Å². The number of carbonyl (C=O) groups is 1. The Hall–Kier alpha value is -3.03. The van der Waals surface area contributed by atoms with Crippen LogP contribution in [0.2, 0.25) is 0 Å². The average Bonchev–Trinajstić information content (AvgIpc) is 2.45. The number of nitrogen functional groups attached to an aromatic ring is 1. The summed E-state index contributed by atoms with van der Waals surface area (Å²) in [6.07, 6.45) is 0. The average molecular weight is 286 g/mol. The van der Waals surface area contributed by atoms with Gasteiger partial charge in [0.05, 0.1) is 12.2 Å². The summed E-state index contributed by atoms with van der Waals surface area (Å²) in [5, 5.41) is 10.6. The first kappa shape index (κ1) is 14.4. The first-order chi connectivity index (χ1) is 10.1. The van der Waals surface area contributed by atoms with E-state index in [1.165, 1.54) is 6.92 Å². The third-order valence-electron chi connectivity index (χ3n) is 2.44. The van der Waals surface area contributed by atoms with Crippen LogP contribution in [0.15, 0.2) is 45.4 Å². The van der Waals surface area contributed by atoms with Gasteiger partial charge >= 0.3 is 0 Å². The highest BCUT2D eigenvalue weighted by Gasteiger charge is 2.10. The molecule has 0 radical (unpaired) electrons. The lowest BCUT2D eigenvalue weighted by molar-refractivity contribution is -0.115. The molecular weight excluding hydrogens is 272 g/mol. The van der Waals surface area contributed by atoms with Gasteiger partial charge in [0.1, 0.15) is 5.78 Å². The minimum Gasteiger partial charge on any atom is -0.369 e. The molecule has 0 amide bonds. The van der Waals surface area contributed by atoms with Crippen LogP contribution in [-0.2, 0) is 4.79 Å². The van der Waals surface area contributed by atoms with E-state index < -0.39 is 5.56 Å². The van der Waals surface area contributed by atoms with Crippen molar-refractivity contribution in [1.82, 2.24) is 9.97 Å². The summed E-state index contributed by atoms with van der Waals surface area (Å²) < 4.78 is 0. The maximum Gasteiger partial charge on any atom is 0.282 e. The van der Waals surface area contributed by atoms with Crippen LogP contribution in [0.4, 0.5) is 23.1 Å². The third-order valence-corrected chi connectivity index (χ3v) is 2.44. The van der Waals surface area contributed by atoms with Crippen LogP contribution in [0.5, 0.6) is 0 Å². The van der Waals surface area contributed by atoms with E-state index in [0.717, 1.165) is 0 Å². The highest BCUT2D eigenvalue weighted by molar-refractivity contribution is 5.81. The molecule has 0 saturated carbocycles. The van der Waals surface area contributed by atoms with E-state index in [-0.39, 0.29) is 29.8 Å². The number of hydrogen-bond donors (Lipinski definition) is 3. The van der Waals surface area contributed by atoms with Crippen LogP contribution in [0.3, 0.4) is 0 Å². The number of carbonyl (C=O) groups excluding carboxylic acids is 1. The zero-order valence-corrected chi connectivity index (χ0v) is 11.3. The van der Waals surface area contributed by atoms with Crippen LogP contribution in [-0.4, -0.2) is 22.3 Å². The van der Waals surface area contributed by atoms with Crippen LogP contribution in [0.25, 0.3) is 0 Å². The summed E-state index contributed by atoms with van der Waals surface area (Å²) in [6, 6.07) is 8.93. The molecule has 0 fully saturated rings. The Morgan fingerprint density at radius 3 is 2.71 bits per heavy atom. The van der Waals surface area contributed by atoms with E-state index in [0.29, 0.717) is 5.69 Å². The fraction of sp³-hybridized carbons (Fsp3) is 0.154. The Kier molecular flexibility index (Phi) is 4.39. The summed E-state index contributed by atoms with van der Waals surface area (Å²) >= 11 is 0. The molecule has 8 heteroatoms. The molecule has 2 aromatic rings. The van der Waals surface area contributed by atoms with Gasteiger partial charge in [0.2, 0.25) is 5.95 Å². The van der Waals surface area contributed by atoms with Crippen molar-refractivity contribution < 1.29 is 4.79 Å². The summed E-state index contributed by atoms with van der Waals surface area (Å²) in [4.78, 5) is 29.1. The number of nitrogens with two attached hydrogens (primary N) is 1. The van der Waals surface area contributed by atoms with Crippen molar-refractivity contribution in [3.63, 3.8) is 0 Å². The maximum atomic E-state index is 11.9. The number of hydrogen-bond acceptors (Lipinski definition) is 7. The topological polar surface area (TPSA) is 126 Å². The standard InChI is InChI=1S/C13H14N6O2/c1-8(20)7-15-11-10(12(21)17-13(14)16-11)19-18-9-5-3-2-4-6-9/h2-6H,7H2,1H3,(H4,14,15,16,17,21). The molecule has 1 aromatic heterocycles. The Labute approximate surface area is 120 Å². The van der Waals surface area contributed by atoms with E-state index in [9.17, 15) is 9.59 Å². The number of aromatic amines is 1. The largest absolute Gasteiger partial charge is 0.369 e. The predicted octanol–water partition coefficient (Wildman–Crippen LogP) is 1.77. The van der Waals surface area contributed by atoms with Gasteiger partial charge < -0.3 is 11.1 Å². The fourth-order valence-electron chi connectivity index (χ4n) is 1.51. The molecular formula is C13H14N6O2. The van der Waals surface area contributed by atoms with Gasteiger partial charge in [0, 0.05) is 0 Å². The van der Waals surface area contributed by atoms with Crippen LogP contribution in [0.1, 0.15) is 6.92 Å². The highest BCUT2D eigenvalue weighted by Crippen LogP contribution is 2.21. The minimum absolute atomic E-state index is 0.0176. The van der Waals surface area contributed by atoms with E-state index in [2.05, 4.69) is 25.5 Å². The number of anilines is 2. The van der Waals surface area contributed by atoms with Crippen molar-refractivity contribution in [2.75, 3.05) is 17.6 Å². The molecule has 0 aliphatic carbocycles. The number of aromatic nitrogens is 2. The van der Waals surface area contributed by atoms with Gasteiger partial charge in [-0.15, -0.1) is 5.11 Å². The summed E-state index contributed by atoms with van der Waals surface area (Å²) in [6.45, 7) is 1.43. The number of Topliss-reactive ketones (excluding diaryl/α,β-unsaturated/α-hetero) is 1.